The van der Waals surface area contributed by atoms with E-state index in [2.05, 4.69) is 10.3 Å². The van der Waals surface area contributed by atoms with Crippen molar-refractivity contribution in [3.05, 3.63) is 59.9 Å². The number of anilines is 1. The first-order chi connectivity index (χ1) is 12.1. The highest BCUT2D eigenvalue weighted by Gasteiger charge is 2.57. The summed E-state index contributed by atoms with van der Waals surface area (Å²) in [6.45, 7) is 4.86. The monoisotopic (exact) mass is 337 g/mol. The van der Waals surface area contributed by atoms with E-state index >= 15 is 0 Å². The quantitative estimate of drug-likeness (QED) is 0.825. The number of nitrogens with one attached hydrogen (secondary N) is 1. The molecule has 0 saturated heterocycles. The van der Waals surface area contributed by atoms with E-state index in [1.165, 1.54) is 0 Å². The summed E-state index contributed by atoms with van der Waals surface area (Å²) in [7, 11) is 0. The number of carbonyl (C=O) groups is 2. The zero-order chi connectivity index (χ0) is 17.9. The minimum absolute atomic E-state index is 0.107. The van der Waals surface area contributed by atoms with Gasteiger partial charge < -0.3 is 10.2 Å². The Balaban J connectivity index is 1.72. The van der Waals surface area contributed by atoms with Crippen molar-refractivity contribution in [1.82, 2.24) is 10.3 Å². The molecule has 3 rings (SSSR count). The molecule has 1 aromatic heterocycles. The van der Waals surface area contributed by atoms with Gasteiger partial charge in [0, 0.05) is 31.2 Å². The van der Waals surface area contributed by atoms with Crippen molar-refractivity contribution in [2.45, 2.75) is 33.2 Å². The van der Waals surface area contributed by atoms with E-state index in [4.69, 9.17) is 0 Å². The fourth-order valence-electron chi connectivity index (χ4n) is 3.01. The van der Waals surface area contributed by atoms with Gasteiger partial charge in [-0.2, -0.15) is 0 Å². The molecule has 2 aromatic rings. The molecule has 0 spiro atoms. The van der Waals surface area contributed by atoms with Crippen LogP contribution in [0.3, 0.4) is 0 Å². The highest BCUT2D eigenvalue weighted by Crippen LogP contribution is 2.48. The molecule has 1 aliphatic rings. The maximum atomic E-state index is 13.1. The van der Waals surface area contributed by atoms with Crippen LogP contribution >= 0.6 is 0 Å². The van der Waals surface area contributed by atoms with Gasteiger partial charge in [0.25, 0.3) is 0 Å². The summed E-state index contributed by atoms with van der Waals surface area (Å²) >= 11 is 0. The van der Waals surface area contributed by atoms with Gasteiger partial charge in [-0.1, -0.05) is 18.2 Å². The molecule has 0 radical (unpaired) electrons. The van der Waals surface area contributed by atoms with Gasteiger partial charge in [-0.25, -0.2) is 0 Å². The summed E-state index contributed by atoms with van der Waals surface area (Å²) in [4.78, 5) is 31.5. The first-order valence-electron chi connectivity index (χ1n) is 8.62. The molecular formula is C20H23N3O2. The summed E-state index contributed by atoms with van der Waals surface area (Å²) in [6.07, 6.45) is 4.62. The Bertz CT molecular complexity index is 770. The van der Waals surface area contributed by atoms with Crippen molar-refractivity contribution < 1.29 is 9.59 Å². The molecule has 1 N–H and O–H groups in total. The Morgan fingerprint density at radius 3 is 2.64 bits per heavy atom. The van der Waals surface area contributed by atoms with E-state index in [1.807, 2.05) is 50.2 Å². The number of benzene rings is 1. The molecule has 1 aliphatic carbocycles. The maximum Gasteiger partial charge on any atom is 0.242 e. The molecule has 0 aliphatic heterocycles. The molecular weight excluding hydrogens is 314 g/mol. The Morgan fingerprint density at radius 2 is 2.04 bits per heavy atom. The minimum atomic E-state index is -0.915. The van der Waals surface area contributed by atoms with Crippen LogP contribution in [0.1, 0.15) is 30.9 Å². The van der Waals surface area contributed by atoms with E-state index in [1.54, 1.807) is 17.3 Å². The van der Waals surface area contributed by atoms with Gasteiger partial charge in [-0.05, 0) is 56.0 Å². The number of nitrogens with zero attached hydrogens (tertiary/aromatic N) is 2. The zero-order valence-corrected chi connectivity index (χ0v) is 14.7. The number of aromatic nitrogens is 1. The van der Waals surface area contributed by atoms with Crippen molar-refractivity contribution in [3.63, 3.8) is 0 Å². The Labute approximate surface area is 148 Å². The van der Waals surface area contributed by atoms with E-state index in [0.29, 0.717) is 25.9 Å². The highest BCUT2D eigenvalue weighted by atomic mass is 16.2. The summed E-state index contributed by atoms with van der Waals surface area (Å²) in [5.74, 6) is -0.295. The molecule has 1 heterocycles. The van der Waals surface area contributed by atoms with Crippen molar-refractivity contribution in [2.24, 2.45) is 5.41 Å². The maximum absolute atomic E-state index is 13.1. The van der Waals surface area contributed by atoms with Crippen molar-refractivity contribution in [3.8, 4) is 0 Å². The second kappa shape index (κ2) is 7.05. The van der Waals surface area contributed by atoms with Gasteiger partial charge in [0.1, 0.15) is 5.41 Å². The smallest absolute Gasteiger partial charge is 0.242 e. The number of carbonyl (C=O) groups excluding carboxylic acids is 2. The SMILES string of the molecule is CCN(C(=O)C1(C(=O)NCc2cccnc2)CC1)c1cccc(C)c1. The lowest BCUT2D eigenvalue weighted by Gasteiger charge is -2.26. The molecule has 2 amide bonds. The van der Waals surface area contributed by atoms with Gasteiger partial charge in [0.15, 0.2) is 0 Å². The fraction of sp³-hybridized carbons (Fsp3) is 0.350. The van der Waals surface area contributed by atoms with Crippen LogP contribution in [0.15, 0.2) is 48.8 Å². The zero-order valence-electron chi connectivity index (χ0n) is 14.7. The van der Waals surface area contributed by atoms with E-state index in [0.717, 1.165) is 16.8 Å². The lowest BCUT2D eigenvalue weighted by Crippen LogP contribution is -2.45. The summed E-state index contributed by atoms with van der Waals surface area (Å²) < 4.78 is 0. The van der Waals surface area contributed by atoms with Crippen LogP contribution in [0.5, 0.6) is 0 Å². The second-order valence-electron chi connectivity index (χ2n) is 6.51. The first-order valence-corrected chi connectivity index (χ1v) is 8.62. The van der Waals surface area contributed by atoms with Gasteiger partial charge in [0.2, 0.25) is 11.8 Å². The van der Waals surface area contributed by atoms with Crippen LogP contribution < -0.4 is 10.2 Å². The molecule has 0 bridgehead atoms. The number of pyridine rings is 1. The van der Waals surface area contributed by atoms with Crippen molar-refractivity contribution in [1.29, 1.82) is 0 Å². The van der Waals surface area contributed by atoms with Gasteiger partial charge in [-0.3, -0.25) is 14.6 Å². The average Bonchev–Trinajstić information content (AvgIpc) is 3.43. The normalized spacial score (nSPS) is 14.6. The van der Waals surface area contributed by atoms with Crippen molar-refractivity contribution in [2.75, 3.05) is 11.4 Å². The number of hydrogen-bond acceptors (Lipinski definition) is 3. The predicted octanol–water partition coefficient (Wildman–Crippen LogP) is 2.84. The third kappa shape index (κ3) is 3.55. The largest absolute Gasteiger partial charge is 0.351 e. The first kappa shape index (κ1) is 17.1. The lowest BCUT2D eigenvalue weighted by atomic mass is 10.0. The van der Waals surface area contributed by atoms with Crippen LogP contribution in [-0.4, -0.2) is 23.3 Å². The van der Waals surface area contributed by atoms with E-state index in [9.17, 15) is 9.59 Å². The topological polar surface area (TPSA) is 62.3 Å². The number of aryl methyl sites for hydroxylation is 1. The molecule has 1 aromatic carbocycles. The lowest BCUT2D eigenvalue weighted by molar-refractivity contribution is -0.135. The molecule has 130 valence electrons. The molecule has 0 atom stereocenters. The van der Waals surface area contributed by atoms with Gasteiger partial charge >= 0.3 is 0 Å². The Kier molecular flexibility index (Phi) is 4.83. The predicted molar refractivity (Wildman–Crippen MR) is 97.0 cm³/mol. The summed E-state index contributed by atoms with van der Waals surface area (Å²) in [5, 5.41) is 2.90. The van der Waals surface area contributed by atoms with E-state index < -0.39 is 5.41 Å². The molecule has 5 heteroatoms. The van der Waals surface area contributed by atoms with E-state index in [-0.39, 0.29) is 11.8 Å². The Morgan fingerprint density at radius 1 is 1.24 bits per heavy atom. The van der Waals surface area contributed by atoms with Crippen molar-refractivity contribution >= 4 is 17.5 Å². The molecule has 0 unspecified atom stereocenters. The average molecular weight is 337 g/mol. The minimum Gasteiger partial charge on any atom is -0.351 e. The third-order valence-corrected chi connectivity index (χ3v) is 4.64. The van der Waals surface area contributed by atoms with Gasteiger partial charge in [0.05, 0.1) is 0 Å². The van der Waals surface area contributed by atoms with Crippen LogP contribution in [0.25, 0.3) is 0 Å². The number of amides is 2. The Hall–Kier alpha value is -2.69. The standard InChI is InChI=1S/C20H23N3O2/c1-3-23(17-8-4-6-15(2)12-17)19(25)20(9-10-20)18(24)22-14-16-7-5-11-21-13-16/h4-8,11-13H,3,9-10,14H2,1-2H3,(H,22,24). The summed E-state index contributed by atoms with van der Waals surface area (Å²) in [6, 6.07) is 11.6. The molecule has 1 fully saturated rings. The molecule has 1 saturated carbocycles. The molecule has 5 nitrogen and oxygen atoms in total. The van der Waals surface area contributed by atoms with Crippen LogP contribution in [0.2, 0.25) is 0 Å². The highest BCUT2D eigenvalue weighted by molar-refractivity contribution is 6.14. The summed E-state index contributed by atoms with van der Waals surface area (Å²) in [5.41, 5.74) is 1.95. The van der Waals surface area contributed by atoms with Gasteiger partial charge in [-0.15, -0.1) is 0 Å². The fourth-order valence-corrected chi connectivity index (χ4v) is 3.01. The second-order valence-corrected chi connectivity index (χ2v) is 6.51. The third-order valence-electron chi connectivity index (χ3n) is 4.64. The molecule has 25 heavy (non-hydrogen) atoms. The van der Waals surface area contributed by atoms with Crippen LogP contribution in [0.4, 0.5) is 5.69 Å². The number of rotatable bonds is 6. The van der Waals surface area contributed by atoms with Crippen LogP contribution in [-0.2, 0) is 16.1 Å². The van der Waals surface area contributed by atoms with Crippen LogP contribution in [0, 0.1) is 12.3 Å². The number of hydrogen-bond donors (Lipinski definition) is 1.